The number of hydrogen-bond donors (Lipinski definition) is 2. The summed E-state index contributed by atoms with van der Waals surface area (Å²) < 4.78 is 5.07. The molecular weight excluding hydrogens is 416 g/mol. The Morgan fingerprint density at radius 1 is 1.17 bits per heavy atom. The molecule has 2 N–H and O–H groups in total. The molecule has 0 unspecified atom stereocenters. The van der Waals surface area contributed by atoms with Gasteiger partial charge in [-0.25, -0.2) is 4.79 Å². The Morgan fingerprint density at radius 2 is 1.87 bits per heavy atom. The minimum Gasteiger partial charge on any atom is -0.462 e. The largest absolute Gasteiger partial charge is 0.462 e. The minimum absolute atomic E-state index is 0.0164. The van der Waals surface area contributed by atoms with Crippen molar-refractivity contribution in [3.05, 3.63) is 64.2 Å². The number of esters is 1. The molecule has 3 rings (SSSR count). The molecule has 6 heteroatoms. The van der Waals surface area contributed by atoms with Gasteiger partial charge in [-0.1, -0.05) is 36.6 Å². The summed E-state index contributed by atoms with van der Waals surface area (Å²) in [6, 6.07) is 13.5. The van der Waals surface area contributed by atoms with Crippen molar-refractivity contribution in [2.75, 3.05) is 11.9 Å². The average Bonchev–Trinajstić information content (AvgIpc) is 3.17. The van der Waals surface area contributed by atoms with Crippen molar-refractivity contribution >= 4 is 40.6 Å². The van der Waals surface area contributed by atoms with Gasteiger partial charge in [0.05, 0.1) is 12.2 Å². The fraction of sp³-hybridized carbons (Fsp3) is 0.417. The van der Waals surface area contributed by atoms with Gasteiger partial charge >= 0.3 is 5.97 Å². The van der Waals surface area contributed by atoms with Gasteiger partial charge < -0.3 is 15.4 Å². The van der Waals surface area contributed by atoms with Crippen molar-refractivity contribution in [1.29, 1.82) is 0 Å². The van der Waals surface area contributed by atoms with E-state index < -0.39 is 0 Å². The zero-order chi connectivity index (χ0) is 21.6. The molecule has 0 bridgehead atoms. The van der Waals surface area contributed by atoms with Crippen LogP contribution in [-0.2, 0) is 11.2 Å². The molecule has 2 aromatic carbocycles. The first-order chi connectivity index (χ1) is 14.4. The Kier molecular flexibility index (Phi) is 7.73. The maximum atomic E-state index is 11.9. The zero-order valence-electron chi connectivity index (χ0n) is 17.6. The molecule has 1 saturated carbocycles. The number of carbonyl (C=O) groups is 1. The van der Waals surface area contributed by atoms with Gasteiger partial charge in [0, 0.05) is 16.2 Å². The molecule has 0 heterocycles. The molecule has 2 aromatic rings. The van der Waals surface area contributed by atoms with E-state index in [0.29, 0.717) is 17.3 Å². The third-order valence-electron chi connectivity index (χ3n) is 5.73. The fourth-order valence-corrected chi connectivity index (χ4v) is 4.52. The summed E-state index contributed by atoms with van der Waals surface area (Å²) in [6.07, 6.45) is 6.66. The number of thiocarbonyl (C=S) groups is 1. The summed E-state index contributed by atoms with van der Waals surface area (Å²) in [5.74, 6) is -0.306. The molecule has 1 aliphatic carbocycles. The van der Waals surface area contributed by atoms with Crippen molar-refractivity contribution in [3.63, 3.8) is 0 Å². The van der Waals surface area contributed by atoms with Crippen molar-refractivity contribution in [2.45, 2.75) is 57.9 Å². The predicted octanol–water partition coefficient (Wildman–Crippen LogP) is 6.06. The number of rotatable bonds is 7. The maximum absolute atomic E-state index is 11.9. The highest BCUT2D eigenvalue weighted by Gasteiger charge is 2.34. The van der Waals surface area contributed by atoms with E-state index in [0.717, 1.165) is 42.0 Å². The lowest BCUT2D eigenvalue weighted by atomic mass is 9.89. The Bertz CT molecular complexity index is 893. The fourth-order valence-electron chi connectivity index (χ4n) is 4.06. The lowest BCUT2D eigenvalue weighted by Gasteiger charge is -2.32. The second kappa shape index (κ2) is 10.3. The lowest BCUT2D eigenvalue weighted by molar-refractivity contribution is 0.0526. The highest BCUT2D eigenvalue weighted by Crippen LogP contribution is 2.34. The van der Waals surface area contributed by atoms with Crippen LogP contribution in [0.5, 0.6) is 0 Å². The molecule has 160 valence electrons. The van der Waals surface area contributed by atoms with E-state index in [-0.39, 0.29) is 11.5 Å². The van der Waals surface area contributed by atoms with E-state index in [2.05, 4.69) is 22.8 Å². The Morgan fingerprint density at radius 3 is 2.50 bits per heavy atom. The van der Waals surface area contributed by atoms with Crippen LogP contribution in [0.4, 0.5) is 5.69 Å². The number of anilines is 1. The summed E-state index contributed by atoms with van der Waals surface area (Å²) in [6.45, 7) is 4.13. The van der Waals surface area contributed by atoms with Crippen LogP contribution in [0.2, 0.25) is 5.02 Å². The standard InChI is InChI=1S/C24H29ClN2O2S/c1-3-29-22(28)19-8-11-21(17(2)16-19)26-23(30)27-24(13-4-5-14-24)15-12-18-6-9-20(25)10-7-18/h6-11,16H,3-5,12-15H2,1-2H3,(H2,26,27,30). The van der Waals surface area contributed by atoms with Crippen LogP contribution < -0.4 is 10.6 Å². The highest BCUT2D eigenvalue weighted by atomic mass is 35.5. The molecule has 4 nitrogen and oxygen atoms in total. The molecule has 30 heavy (non-hydrogen) atoms. The molecule has 1 aliphatic rings. The maximum Gasteiger partial charge on any atom is 0.338 e. The summed E-state index contributed by atoms with van der Waals surface area (Å²) in [5, 5.41) is 8.32. The molecule has 0 radical (unpaired) electrons. The SMILES string of the molecule is CCOC(=O)c1ccc(NC(=S)NC2(CCc3ccc(Cl)cc3)CCCC2)c(C)c1. The van der Waals surface area contributed by atoms with E-state index in [9.17, 15) is 4.79 Å². The third-order valence-corrected chi connectivity index (χ3v) is 6.19. The number of benzene rings is 2. The molecule has 0 aliphatic heterocycles. The summed E-state index contributed by atoms with van der Waals surface area (Å²) in [4.78, 5) is 11.9. The molecule has 1 fully saturated rings. The van der Waals surface area contributed by atoms with Gasteiger partial charge in [0.2, 0.25) is 0 Å². The van der Waals surface area contributed by atoms with E-state index in [1.165, 1.54) is 18.4 Å². The summed E-state index contributed by atoms with van der Waals surface area (Å²) in [7, 11) is 0. The van der Waals surface area contributed by atoms with Crippen molar-refractivity contribution in [3.8, 4) is 0 Å². The number of aryl methyl sites for hydroxylation is 2. The zero-order valence-corrected chi connectivity index (χ0v) is 19.2. The third kappa shape index (κ3) is 5.96. The van der Waals surface area contributed by atoms with Crippen LogP contribution >= 0.6 is 23.8 Å². The quantitative estimate of drug-likeness (QED) is 0.401. The molecular formula is C24H29ClN2O2S. The lowest BCUT2D eigenvalue weighted by Crippen LogP contribution is -2.48. The van der Waals surface area contributed by atoms with E-state index in [4.69, 9.17) is 28.6 Å². The summed E-state index contributed by atoms with van der Waals surface area (Å²) >= 11 is 11.7. The minimum atomic E-state index is -0.306. The summed E-state index contributed by atoms with van der Waals surface area (Å²) in [5.41, 5.74) is 3.70. The number of nitrogens with one attached hydrogen (secondary N) is 2. The van der Waals surface area contributed by atoms with Gasteiger partial charge in [0.15, 0.2) is 5.11 Å². The monoisotopic (exact) mass is 444 g/mol. The van der Waals surface area contributed by atoms with Gasteiger partial charge in [-0.3, -0.25) is 0 Å². The van der Waals surface area contributed by atoms with Crippen LogP contribution in [0.1, 0.15) is 60.5 Å². The van der Waals surface area contributed by atoms with E-state index in [1.54, 1.807) is 13.0 Å². The van der Waals surface area contributed by atoms with Gasteiger partial charge in [0.1, 0.15) is 0 Å². The predicted molar refractivity (Wildman–Crippen MR) is 127 cm³/mol. The Balaban J connectivity index is 1.62. The molecule has 0 saturated heterocycles. The van der Waals surface area contributed by atoms with Crippen LogP contribution in [-0.4, -0.2) is 23.2 Å². The number of carbonyl (C=O) groups excluding carboxylic acids is 1. The molecule has 0 spiro atoms. The van der Waals surface area contributed by atoms with Crippen LogP contribution in [0.15, 0.2) is 42.5 Å². The van der Waals surface area contributed by atoms with Crippen molar-refractivity contribution < 1.29 is 9.53 Å². The molecule has 0 aromatic heterocycles. The number of halogens is 1. The van der Waals surface area contributed by atoms with Crippen LogP contribution in [0.3, 0.4) is 0 Å². The normalized spacial score (nSPS) is 14.9. The second-order valence-corrected chi connectivity index (χ2v) is 8.79. The smallest absolute Gasteiger partial charge is 0.338 e. The molecule has 0 atom stereocenters. The topological polar surface area (TPSA) is 50.4 Å². The van der Waals surface area contributed by atoms with Crippen molar-refractivity contribution in [2.24, 2.45) is 0 Å². The first-order valence-electron chi connectivity index (χ1n) is 10.5. The number of ether oxygens (including phenoxy) is 1. The van der Waals surface area contributed by atoms with Crippen LogP contribution in [0, 0.1) is 6.92 Å². The molecule has 0 amide bonds. The second-order valence-electron chi connectivity index (χ2n) is 7.94. The van der Waals surface area contributed by atoms with Gasteiger partial charge in [0.25, 0.3) is 0 Å². The number of hydrogen-bond acceptors (Lipinski definition) is 3. The average molecular weight is 445 g/mol. The van der Waals surface area contributed by atoms with Crippen LogP contribution in [0.25, 0.3) is 0 Å². The Labute approximate surface area is 189 Å². The van der Waals surface area contributed by atoms with Crippen molar-refractivity contribution in [1.82, 2.24) is 5.32 Å². The first-order valence-corrected chi connectivity index (χ1v) is 11.3. The Hall–Kier alpha value is -2.11. The van der Waals surface area contributed by atoms with Gasteiger partial charge in [-0.2, -0.15) is 0 Å². The van der Waals surface area contributed by atoms with E-state index >= 15 is 0 Å². The first kappa shape index (κ1) is 22.6. The highest BCUT2D eigenvalue weighted by molar-refractivity contribution is 7.80. The van der Waals surface area contributed by atoms with Gasteiger partial charge in [-0.15, -0.1) is 0 Å². The van der Waals surface area contributed by atoms with Gasteiger partial charge in [-0.05, 0) is 93.2 Å². The van der Waals surface area contributed by atoms with E-state index in [1.807, 2.05) is 31.2 Å².